The molecule has 1 aliphatic heterocycles. The van der Waals surface area contributed by atoms with Gasteiger partial charge in [0, 0.05) is 48.3 Å². The van der Waals surface area contributed by atoms with Gasteiger partial charge in [0.05, 0.1) is 18.8 Å². The summed E-state index contributed by atoms with van der Waals surface area (Å²) in [6, 6.07) is 16.0. The smallest absolute Gasteiger partial charge is 0.182 e. The number of ether oxygens (including phenoxy) is 1. The van der Waals surface area contributed by atoms with E-state index < -0.39 is 0 Å². The Morgan fingerprint density at radius 1 is 1.04 bits per heavy atom. The number of hydrogen-bond acceptors (Lipinski definition) is 4. The van der Waals surface area contributed by atoms with Crippen LogP contribution in [0.1, 0.15) is 23.0 Å². The van der Waals surface area contributed by atoms with Crippen LogP contribution in [0.5, 0.6) is 5.75 Å². The second-order valence-corrected chi connectivity index (χ2v) is 7.41. The van der Waals surface area contributed by atoms with Crippen LogP contribution in [0.4, 0.5) is 5.69 Å². The van der Waals surface area contributed by atoms with Gasteiger partial charge in [0.2, 0.25) is 0 Å². The van der Waals surface area contributed by atoms with Crippen LogP contribution in [0.25, 0.3) is 10.9 Å². The average molecular weight is 377 g/mol. The Morgan fingerprint density at radius 3 is 2.46 bits per heavy atom. The van der Waals surface area contributed by atoms with Gasteiger partial charge in [0.1, 0.15) is 5.75 Å². The van der Waals surface area contributed by atoms with E-state index in [0.717, 1.165) is 59.8 Å². The Kier molecular flexibility index (Phi) is 5.09. The minimum absolute atomic E-state index is 0.141. The molecular formula is C23H27N3O2. The third-order valence-corrected chi connectivity index (χ3v) is 5.81. The summed E-state index contributed by atoms with van der Waals surface area (Å²) >= 11 is 0. The molecule has 0 radical (unpaired) electrons. The van der Waals surface area contributed by atoms with Gasteiger partial charge in [0.25, 0.3) is 0 Å². The van der Waals surface area contributed by atoms with Crippen molar-refractivity contribution in [2.75, 3.05) is 38.2 Å². The highest BCUT2D eigenvalue weighted by Crippen LogP contribution is 2.29. The summed E-state index contributed by atoms with van der Waals surface area (Å²) in [4.78, 5) is 21.3. The molecular weight excluding hydrogens is 350 g/mol. The topological polar surface area (TPSA) is 48.6 Å². The molecule has 4 rings (SSSR count). The zero-order valence-electron chi connectivity index (χ0n) is 16.7. The second kappa shape index (κ2) is 7.68. The molecule has 1 fully saturated rings. The number of H-pyrrole nitrogens is 1. The number of aromatic amines is 1. The minimum atomic E-state index is -0.141. The fraction of sp³-hybridized carbons (Fsp3) is 0.348. The molecule has 2 aromatic carbocycles. The molecule has 1 atom stereocenters. The molecule has 5 nitrogen and oxygen atoms in total. The first-order chi connectivity index (χ1) is 13.6. The van der Waals surface area contributed by atoms with Crippen molar-refractivity contribution in [2.24, 2.45) is 0 Å². The number of ketones is 1. The van der Waals surface area contributed by atoms with Crippen molar-refractivity contribution < 1.29 is 9.53 Å². The largest absolute Gasteiger partial charge is 0.495 e. The van der Waals surface area contributed by atoms with E-state index in [0.29, 0.717) is 0 Å². The molecule has 1 aromatic heterocycles. The van der Waals surface area contributed by atoms with Crippen LogP contribution in [0, 0.1) is 6.92 Å². The fourth-order valence-corrected chi connectivity index (χ4v) is 4.21. The zero-order chi connectivity index (χ0) is 19.7. The number of Topliss-reactive ketones (excluding diaryl/α,β-unsaturated/α-hetero) is 1. The van der Waals surface area contributed by atoms with E-state index in [1.54, 1.807) is 7.11 Å². The molecule has 1 aliphatic rings. The highest BCUT2D eigenvalue weighted by molar-refractivity contribution is 6.11. The van der Waals surface area contributed by atoms with Crippen LogP contribution in [-0.2, 0) is 0 Å². The summed E-state index contributed by atoms with van der Waals surface area (Å²) in [5.41, 5.74) is 3.92. The first-order valence-electron chi connectivity index (χ1n) is 9.83. The maximum atomic E-state index is 13.3. The van der Waals surface area contributed by atoms with Crippen molar-refractivity contribution >= 4 is 22.4 Å². The maximum Gasteiger partial charge on any atom is 0.182 e. The van der Waals surface area contributed by atoms with E-state index in [2.05, 4.69) is 20.9 Å². The molecule has 0 aliphatic carbocycles. The van der Waals surface area contributed by atoms with Gasteiger partial charge in [-0.05, 0) is 32.0 Å². The van der Waals surface area contributed by atoms with Gasteiger partial charge in [-0.3, -0.25) is 9.69 Å². The van der Waals surface area contributed by atoms with Crippen molar-refractivity contribution in [3.8, 4) is 5.75 Å². The van der Waals surface area contributed by atoms with Gasteiger partial charge in [-0.1, -0.05) is 30.3 Å². The van der Waals surface area contributed by atoms with Gasteiger partial charge in [-0.25, -0.2) is 0 Å². The number of carbonyl (C=O) groups excluding carboxylic acids is 1. The third kappa shape index (κ3) is 3.27. The van der Waals surface area contributed by atoms with Gasteiger partial charge in [-0.15, -0.1) is 0 Å². The van der Waals surface area contributed by atoms with Crippen molar-refractivity contribution in [3.63, 3.8) is 0 Å². The van der Waals surface area contributed by atoms with Crippen LogP contribution >= 0.6 is 0 Å². The number of rotatable bonds is 5. The molecule has 28 heavy (non-hydrogen) atoms. The second-order valence-electron chi connectivity index (χ2n) is 7.41. The first kappa shape index (κ1) is 18.6. The quantitative estimate of drug-likeness (QED) is 0.686. The molecule has 1 saturated heterocycles. The Labute approximate surface area is 165 Å². The average Bonchev–Trinajstić information content (AvgIpc) is 3.08. The highest BCUT2D eigenvalue weighted by Gasteiger charge is 2.29. The van der Waals surface area contributed by atoms with Crippen LogP contribution in [0.15, 0.2) is 48.5 Å². The van der Waals surface area contributed by atoms with Gasteiger partial charge in [-0.2, -0.15) is 0 Å². The van der Waals surface area contributed by atoms with Gasteiger partial charge < -0.3 is 14.6 Å². The zero-order valence-corrected chi connectivity index (χ0v) is 16.7. The summed E-state index contributed by atoms with van der Waals surface area (Å²) < 4.78 is 5.50. The molecule has 0 spiro atoms. The molecule has 0 amide bonds. The summed E-state index contributed by atoms with van der Waals surface area (Å²) in [7, 11) is 1.71. The molecule has 0 bridgehead atoms. The molecule has 0 unspecified atom stereocenters. The Bertz CT molecular complexity index is 986. The van der Waals surface area contributed by atoms with E-state index in [4.69, 9.17) is 4.74 Å². The van der Waals surface area contributed by atoms with Crippen LogP contribution in [0.3, 0.4) is 0 Å². The molecule has 5 heteroatoms. The monoisotopic (exact) mass is 377 g/mol. The normalized spacial score (nSPS) is 16.3. The Hall–Kier alpha value is -2.79. The Balaban J connectivity index is 1.48. The molecule has 2 heterocycles. The molecule has 1 N–H and O–H groups in total. The number of para-hydroxylation sites is 3. The predicted octanol–water partition coefficient (Wildman–Crippen LogP) is 3.88. The number of aryl methyl sites for hydroxylation is 1. The number of fused-ring (bicyclic) bond motifs is 1. The number of nitrogens with one attached hydrogen (secondary N) is 1. The standard InChI is InChI=1S/C23H27N3O2/c1-16-22(18-8-4-5-9-19(18)24-16)23(27)17(2)25-12-14-26(15-13-25)20-10-6-7-11-21(20)28-3/h4-11,17,24H,12-15H2,1-3H3/t17-/m1/s1. The van der Waals surface area contributed by atoms with E-state index in [9.17, 15) is 4.79 Å². The van der Waals surface area contributed by atoms with Crippen molar-refractivity contribution in [2.45, 2.75) is 19.9 Å². The van der Waals surface area contributed by atoms with Crippen molar-refractivity contribution in [1.29, 1.82) is 0 Å². The lowest BCUT2D eigenvalue weighted by molar-refractivity contribution is 0.0831. The van der Waals surface area contributed by atoms with E-state index in [1.807, 2.05) is 56.3 Å². The first-order valence-corrected chi connectivity index (χ1v) is 9.83. The third-order valence-electron chi connectivity index (χ3n) is 5.81. The lowest BCUT2D eigenvalue weighted by Crippen LogP contribution is -2.51. The van der Waals surface area contributed by atoms with Crippen LogP contribution in [0.2, 0.25) is 0 Å². The number of aromatic nitrogens is 1. The minimum Gasteiger partial charge on any atom is -0.495 e. The van der Waals surface area contributed by atoms with Gasteiger partial charge in [0.15, 0.2) is 5.78 Å². The lowest BCUT2D eigenvalue weighted by Gasteiger charge is -2.39. The number of methoxy groups -OCH3 is 1. The van der Waals surface area contributed by atoms with Crippen LogP contribution in [-0.4, -0.2) is 55.0 Å². The van der Waals surface area contributed by atoms with Gasteiger partial charge >= 0.3 is 0 Å². The molecule has 146 valence electrons. The summed E-state index contributed by atoms with van der Waals surface area (Å²) in [5.74, 6) is 1.09. The van der Waals surface area contributed by atoms with E-state index >= 15 is 0 Å². The number of benzene rings is 2. The fourth-order valence-electron chi connectivity index (χ4n) is 4.21. The number of anilines is 1. The highest BCUT2D eigenvalue weighted by atomic mass is 16.5. The SMILES string of the molecule is COc1ccccc1N1CCN([C@H](C)C(=O)c2c(C)[nH]c3ccccc23)CC1. The summed E-state index contributed by atoms with van der Waals surface area (Å²) in [6.45, 7) is 7.48. The van der Waals surface area contributed by atoms with E-state index in [-0.39, 0.29) is 11.8 Å². The molecule has 3 aromatic rings. The molecule has 0 saturated carbocycles. The summed E-state index contributed by atoms with van der Waals surface area (Å²) in [5, 5.41) is 1.02. The number of hydrogen-bond donors (Lipinski definition) is 1. The van der Waals surface area contributed by atoms with Crippen molar-refractivity contribution in [1.82, 2.24) is 9.88 Å². The Morgan fingerprint density at radius 2 is 1.71 bits per heavy atom. The summed E-state index contributed by atoms with van der Waals surface area (Å²) in [6.07, 6.45) is 0. The van der Waals surface area contributed by atoms with Crippen LogP contribution < -0.4 is 9.64 Å². The predicted molar refractivity (Wildman–Crippen MR) is 114 cm³/mol. The number of nitrogens with zero attached hydrogens (tertiary/aromatic N) is 2. The lowest BCUT2D eigenvalue weighted by atomic mass is 10.0. The van der Waals surface area contributed by atoms with Crippen molar-refractivity contribution in [3.05, 3.63) is 59.8 Å². The maximum absolute atomic E-state index is 13.3. The number of piperazine rings is 1. The van der Waals surface area contributed by atoms with E-state index in [1.165, 1.54) is 0 Å². The number of carbonyl (C=O) groups is 1.